The number of benzene rings is 1. The molecule has 0 aliphatic carbocycles. The van der Waals surface area contributed by atoms with Crippen LogP contribution in [0.5, 0.6) is 0 Å². The van der Waals surface area contributed by atoms with Crippen LogP contribution in [0.2, 0.25) is 5.02 Å². The number of halogens is 1. The van der Waals surface area contributed by atoms with Gasteiger partial charge in [-0.15, -0.1) is 0 Å². The SMILES string of the molecule is COCOCc1c(C)cc(Cl)cc1B1OC(C)(C)C(C)(C)O1. The van der Waals surface area contributed by atoms with Crippen molar-refractivity contribution in [2.24, 2.45) is 0 Å². The summed E-state index contributed by atoms with van der Waals surface area (Å²) in [4.78, 5) is 0. The first kappa shape index (κ1) is 17.8. The molecule has 0 spiro atoms. The van der Waals surface area contributed by atoms with Crippen LogP contribution in [0.25, 0.3) is 0 Å². The molecule has 6 heteroatoms. The van der Waals surface area contributed by atoms with E-state index in [4.69, 9.17) is 30.4 Å². The zero-order chi connectivity index (χ0) is 16.5. The molecule has 4 nitrogen and oxygen atoms in total. The van der Waals surface area contributed by atoms with Crippen molar-refractivity contribution in [3.05, 3.63) is 28.3 Å². The Morgan fingerprint density at radius 3 is 2.27 bits per heavy atom. The summed E-state index contributed by atoms with van der Waals surface area (Å²) in [5.74, 6) is 0. The smallest absolute Gasteiger partial charge is 0.399 e. The minimum atomic E-state index is -0.455. The number of ether oxygens (including phenoxy) is 2. The Morgan fingerprint density at radius 2 is 1.73 bits per heavy atom. The lowest BCUT2D eigenvalue weighted by molar-refractivity contribution is -0.0390. The molecule has 1 fully saturated rings. The van der Waals surface area contributed by atoms with Crippen LogP contribution < -0.4 is 5.46 Å². The van der Waals surface area contributed by atoms with E-state index in [0.717, 1.165) is 16.6 Å². The van der Waals surface area contributed by atoms with Crippen molar-refractivity contribution in [2.75, 3.05) is 13.9 Å². The van der Waals surface area contributed by atoms with E-state index < -0.39 is 18.3 Å². The second kappa shape index (κ2) is 6.50. The summed E-state index contributed by atoms with van der Waals surface area (Å²) >= 11 is 6.23. The maximum Gasteiger partial charge on any atom is 0.495 e. The third-order valence-electron chi connectivity index (χ3n) is 4.43. The van der Waals surface area contributed by atoms with E-state index in [9.17, 15) is 0 Å². The van der Waals surface area contributed by atoms with Gasteiger partial charge < -0.3 is 18.8 Å². The number of methoxy groups -OCH3 is 1. The Kier molecular flexibility index (Phi) is 5.25. The van der Waals surface area contributed by atoms with Gasteiger partial charge in [-0.1, -0.05) is 11.6 Å². The third-order valence-corrected chi connectivity index (χ3v) is 4.65. The van der Waals surface area contributed by atoms with Crippen LogP contribution in [-0.4, -0.2) is 32.2 Å². The predicted molar refractivity (Wildman–Crippen MR) is 88.6 cm³/mol. The first-order valence-electron chi connectivity index (χ1n) is 7.39. The highest BCUT2D eigenvalue weighted by atomic mass is 35.5. The lowest BCUT2D eigenvalue weighted by Gasteiger charge is -2.32. The highest BCUT2D eigenvalue weighted by molar-refractivity contribution is 6.63. The van der Waals surface area contributed by atoms with E-state index in [2.05, 4.69) is 0 Å². The Hall–Kier alpha value is -0.585. The van der Waals surface area contributed by atoms with Crippen molar-refractivity contribution in [3.8, 4) is 0 Å². The Morgan fingerprint density at radius 1 is 1.14 bits per heavy atom. The molecule has 1 saturated heterocycles. The van der Waals surface area contributed by atoms with Crippen molar-refractivity contribution >= 4 is 24.2 Å². The zero-order valence-corrected chi connectivity index (χ0v) is 14.9. The Labute approximate surface area is 138 Å². The molecular formula is C16H24BClO4. The summed E-state index contributed by atoms with van der Waals surface area (Å²) < 4.78 is 22.7. The van der Waals surface area contributed by atoms with Gasteiger partial charge >= 0.3 is 7.12 Å². The van der Waals surface area contributed by atoms with Gasteiger partial charge in [-0.05, 0) is 63.3 Å². The lowest BCUT2D eigenvalue weighted by Crippen LogP contribution is -2.41. The molecule has 0 saturated carbocycles. The van der Waals surface area contributed by atoms with Gasteiger partial charge in [0.2, 0.25) is 0 Å². The average molecular weight is 327 g/mol. The minimum Gasteiger partial charge on any atom is -0.399 e. The van der Waals surface area contributed by atoms with Gasteiger partial charge in [0.05, 0.1) is 17.8 Å². The van der Waals surface area contributed by atoms with E-state index in [-0.39, 0.29) is 6.79 Å². The molecular weight excluding hydrogens is 302 g/mol. The molecule has 1 aliphatic rings. The molecule has 0 radical (unpaired) electrons. The molecule has 0 N–H and O–H groups in total. The van der Waals surface area contributed by atoms with Gasteiger partial charge in [-0.25, -0.2) is 0 Å². The highest BCUT2D eigenvalue weighted by Gasteiger charge is 2.52. The predicted octanol–water partition coefficient (Wildman–Crippen LogP) is 3.07. The largest absolute Gasteiger partial charge is 0.495 e. The van der Waals surface area contributed by atoms with Crippen LogP contribution in [0.4, 0.5) is 0 Å². The summed E-state index contributed by atoms with van der Waals surface area (Å²) in [5, 5.41) is 0.665. The molecule has 1 aliphatic heterocycles. The lowest BCUT2D eigenvalue weighted by atomic mass is 9.75. The molecule has 0 atom stereocenters. The van der Waals surface area contributed by atoms with Crippen molar-refractivity contribution < 1.29 is 18.8 Å². The van der Waals surface area contributed by atoms with Crippen LogP contribution in [0.3, 0.4) is 0 Å². The summed E-state index contributed by atoms with van der Waals surface area (Å²) in [6.45, 7) is 10.8. The second-order valence-corrected chi connectivity index (χ2v) is 7.07. The van der Waals surface area contributed by atoms with Gasteiger partial charge in [-0.2, -0.15) is 0 Å². The van der Waals surface area contributed by atoms with Gasteiger partial charge in [-0.3, -0.25) is 0 Å². The fourth-order valence-electron chi connectivity index (χ4n) is 2.40. The van der Waals surface area contributed by atoms with Gasteiger partial charge in [0.25, 0.3) is 0 Å². The maximum absolute atomic E-state index is 6.23. The Bertz CT molecular complexity index is 529. The molecule has 1 aromatic carbocycles. The van der Waals surface area contributed by atoms with Crippen molar-refractivity contribution in [1.82, 2.24) is 0 Å². The highest BCUT2D eigenvalue weighted by Crippen LogP contribution is 2.37. The second-order valence-electron chi connectivity index (χ2n) is 6.63. The fourth-order valence-corrected chi connectivity index (χ4v) is 2.68. The van der Waals surface area contributed by atoms with E-state index in [0.29, 0.717) is 11.6 Å². The molecule has 0 aromatic heterocycles. The molecule has 1 heterocycles. The van der Waals surface area contributed by atoms with Crippen molar-refractivity contribution in [2.45, 2.75) is 52.4 Å². The molecule has 0 bridgehead atoms. The van der Waals surface area contributed by atoms with Crippen LogP contribution in [0.1, 0.15) is 38.8 Å². The third kappa shape index (κ3) is 3.49. The van der Waals surface area contributed by atoms with E-state index in [1.807, 2.05) is 46.8 Å². The zero-order valence-electron chi connectivity index (χ0n) is 14.2. The van der Waals surface area contributed by atoms with E-state index in [1.54, 1.807) is 7.11 Å². The first-order chi connectivity index (χ1) is 10.2. The van der Waals surface area contributed by atoms with E-state index in [1.165, 1.54) is 0 Å². The number of hydrogen-bond donors (Lipinski definition) is 0. The summed E-state index contributed by atoms with van der Waals surface area (Å²) in [6.07, 6.45) is 0. The van der Waals surface area contributed by atoms with Crippen LogP contribution in [0.15, 0.2) is 12.1 Å². The summed E-state index contributed by atoms with van der Waals surface area (Å²) in [7, 11) is 1.15. The quantitative estimate of drug-likeness (QED) is 0.473. The Balaban J connectivity index is 2.34. The maximum atomic E-state index is 6.23. The molecule has 1 aromatic rings. The molecule has 122 valence electrons. The van der Waals surface area contributed by atoms with E-state index >= 15 is 0 Å². The fraction of sp³-hybridized carbons (Fsp3) is 0.625. The average Bonchev–Trinajstić information content (AvgIpc) is 2.60. The minimum absolute atomic E-state index is 0.241. The standard InChI is InChI=1S/C16H24BClO4/c1-11-7-12(18)8-14(13(11)9-20-10-19-6)17-21-15(2,3)16(4,5)22-17/h7-8H,9-10H2,1-6H3. The molecule has 0 unspecified atom stereocenters. The molecule has 2 rings (SSSR count). The molecule has 0 amide bonds. The van der Waals surface area contributed by atoms with Crippen molar-refractivity contribution in [3.63, 3.8) is 0 Å². The number of hydrogen-bond acceptors (Lipinski definition) is 4. The van der Waals surface area contributed by atoms with Gasteiger partial charge in [0, 0.05) is 12.1 Å². The number of rotatable bonds is 5. The normalized spacial score (nSPS) is 19.7. The number of aryl methyl sites for hydroxylation is 1. The van der Waals surface area contributed by atoms with Crippen LogP contribution in [0, 0.1) is 6.92 Å². The molecule has 22 heavy (non-hydrogen) atoms. The first-order valence-corrected chi connectivity index (χ1v) is 7.77. The van der Waals surface area contributed by atoms with Gasteiger partial charge in [0.1, 0.15) is 6.79 Å². The van der Waals surface area contributed by atoms with Crippen molar-refractivity contribution in [1.29, 1.82) is 0 Å². The van der Waals surface area contributed by atoms with Crippen LogP contribution >= 0.6 is 11.6 Å². The van der Waals surface area contributed by atoms with Crippen LogP contribution in [-0.2, 0) is 25.4 Å². The van der Waals surface area contributed by atoms with Gasteiger partial charge in [0.15, 0.2) is 0 Å². The summed E-state index contributed by atoms with van der Waals surface area (Å²) in [5.41, 5.74) is 2.21. The monoisotopic (exact) mass is 326 g/mol. The topological polar surface area (TPSA) is 36.9 Å². The summed E-state index contributed by atoms with van der Waals surface area (Å²) in [6, 6.07) is 3.81.